The predicted octanol–water partition coefficient (Wildman–Crippen LogP) is 2.78. The van der Waals surface area contributed by atoms with Gasteiger partial charge in [0.1, 0.15) is 17.1 Å². The maximum Gasteiger partial charge on any atom is 0.243 e. The molecule has 0 atom stereocenters. The summed E-state index contributed by atoms with van der Waals surface area (Å²) in [7, 11) is -2.40. The van der Waals surface area contributed by atoms with Crippen LogP contribution in [0.4, 0.5) is 0 Å². The Bertz CT molecular complexity index is 1350. The van der Waals surface area contributed by atoms with Crippen LogP contribution in [0.5, 0.6) is 5.75 Å². The van der Waals surface area contributed by atoms with Gasteiger partial charge in [-0.15, -0.1) is 10.2 Å². The molecule has 1 aliphatic heterocycles. The molecule has 0 aliphatic carbocycles. The highest BCUT2D eigenvalue weighted by Gasteiger charge is 2.34. The minimum Gasteiger partial charge on any atom is -0.497 e. The number of Topliss-reactive ketones (excluding diaryl/α,β-unsaturated/α-hetero) is 1. The normalized spacial score (nSPS) is 17.6. The lowest BCUT2D eigenvalue weighted by molar-refractivity contribution is -0.113. The minimum atomic E-state index is -3.92. The second kappa shape index (κ2) is 10.2. The molecule has 2 aromatic heterocycles. The van der Waals surface area contributed by atoms with Gasteiger partial charge >= 0.3 is 0 Å². The molecule has 4 rings (SSSR count). The highest BCUT2D eigenvalue weighted by Crippen LogP contribution is 2.27. The summed E-state index contributed by atoms with van der Waals surface area (Å²) in [6.07, 6.45) is 6.62. The van der Waals surface area contributed by atoms with Crippen LogP contribution < -0.4 is 4.74 Å². The number of carbonyl (C=O) groups is 1. The Morgan fingerprint density at radius 2 is 1.33 bits per heavy atom. The standard InChI is InChI=1S/C24H29N7O4S/c1-16(2)30-14-20(25-27-30)10-18-12-29(36(33,34)23-8-6-22(35-5)7-9-23)13-19(24(18)32)11-21-15-31(17(3)4)28-26-21/h6-11,14-17H,12-13H2,1-5H3. The first-order valence-corrected chi connectivity index (χ1v) is 13.0. The zero-order valence-corrected chi connectivity index (χ0v) is 21.7. The number of benzene rings is 1. The molecule has 0 unspecified atom stereocenters. The number of piperidine rings is 1. The van der Waals surface area contributed by atoms with Crippen molar-refractivity contribution < 1.29 is 17.9 Å². The number of hydrogen-bond acceptors (Lipinski definition) is 8. The van der Waals surface area contributed by atoms with Crippen LogP contribution in [0, 0.1) is 0 Å². The van der Waals surface area contributed by atoms with E-state index in [4.69, 9.17) is 4.74 Å². The molecule has 36 heavy (non-hydrogen) atoms. The molecular formula is C24H29N7O4S. The molecule has 0 spiro atoms. The number of ether oxygens (including phenoxy) is 1. The third-order valence-electron chi connectivity index (χ3n) is 5.73. The summed E-state index contributed by atoms with van der Waals surface area (Å²) in [5, 5.41) is 16.4. The van der Waals surface area contributed by atoms with Gasteiger partial charge in [0.05, 0.1) is 24.4 Å². The van der Waals surface area contributed by atoms with Crippen molar-refractivity contribution in [3.05, 3.63) is 59.2 Å². The van der Waals surface area contributed by atoms with Crippen LogP contribution in [0.2, 0.25) is 0 Å². The molecule has 1 fully saturated rings. The summed E-state index contributed by atoms with van der Waals surface area (Å²) in [6, 6.07) is 6.34. The summed E-state index contributed by atoms with van der Waals surface area (Å²) in [4.78, 5) is 13.5. The molecule has 3 heterocycles. The lowest BCUT2D eigenvalue weighted by atomic mass is 9.97. The third-order valence-corrected chi connectivity index (χ3v) is 7.54. The van der Waals surface area contributed by atoms with E-state index < -0.39 is 10.0 Å². The van der Waals surface area contributed by atoms with E-state index in [9.17, 15) is 13.2 Å². The number of ketones is 1. The van der Waals surface area contributed by atoms with Gasteiger partial charge in [0.2, 0.25) is 10.0 Å². The summed E-state index contributed by atoms with van der Waals surface area (Å²) >= 11 is 0. The molecule has 190 valence electrons. The zero-order chi connectivity index (χ0) is 26.0. The molecule has 1 saturated heterocycles. The maximum absolute atomic E-state index is 13.5. The fourth-order valence-electron chi connectivity index (χ4n) is 3.65. The fourth-order valence-corrected chi connectivity index (χ4v) is 5.05. The van der Waals surface area contributed by atoms with Crippen LogP contribution >= 0.6 is 0 Å². The summed E-state index contributed by atoms with van der Waals surface area (Å²) < 4.78 is 36.8. The van der Waals surface area contributed by atoms with Gasteiger partial charge in [0.25, 0.3) is 0 Å². The van der Waals surface area contributed by atoms with Crippen LogP contribution in [0.15, 0.2) is 52.7 Å². The number of hydrogen-bond donors (Lipinski definition) is 0. The van der Waals surface area contributed by atoms with Crippen molar-refractivity contribution in [3.8, 4) is 5.75 Å². The number of methoxy groups -OCH3 is 1. The van der Waals surface area contributed by atoms with Gasteiger partial charge in [-0.3, -0.25) is 4.79 Å². The first-order chi connectivity index (χ1) is 17.1. The topological polar surface area (TPSA) is 125 Å². The average Bonchev–Trinajstić information content (AvgIpc) is 3.51. The van der Waals surface area contributed by atoms with E-state index in [2.05, 4.69) is 20.6 Å². The maximum atomic E-state index is 13.5. The van der Waals surface area contributed by atoms with Crippen LogP contribution in [-0.2, 0) is 14.8 Å². The van der Waals surface area contributed by atoms with E-state index in [1.54, 1.807) is 46.0 Å². The molecule has 12 heteroatoms. The number of sulfonamides is 1. The molecule has 1 aromatic carbocycles. The molecular weight excluding hydrogens is 482 g/mol. The zero-order valence-electron chi connectivity index (χ0n) is 20.9. The van der Waals surface area contributed by atoms with Gasteiger partial charge in [-0.2, -0.15) is 4.31 Å². The Hall–Kier alpha value is -3.64. The average molecular weight is 512 g/mol. The molecule has 11 nitrogen and oxygen atoms in total. The van der Waals surface area contributed by atoms with E-state index >= 15 is 0 Å². The van der Waals surface area contributed by atoms with Gasteiger partial charge in [0, 0.05) is 36.3 Å². The Balaban J connectivity index is 1.74. The predicted molar refractivity (Wildman–Crippen MR) is 134 cm³/mol. The third kappa shape index (κ3) is 5.29. The highest BCUT2D eigenvalue weighted by molar-refractivity contribution is 7.89. The summed E-state index contributed by atoms with van der Waals surface area (Å²) in [5.74, 6) is 0.278. The lowest BCUT2D eigenvalue weighted by Crippen LogP contribution is -2.41. The van der Waals surface area contributed by atoms with Crippen molar-refractivity contribution in [1.29, 1.82) is 0 Å². The molecule has 0 radical (unpaired) electrons. The van der Waals surface area contributed by atoms with Gasteiger partial charge in [-0.05, 0) is 64.1 Å². The minimum absolute atomic E-state index is 0.0951. The number of carbonyl (C=O) groups excluding carboxylic acids is 1. The lowest BCUT2D eigenvalue weighted by Gasteiger charge is -2.29. The van der Waals surface area contributed by atoms with Crippen molar-refractivity contribution in [3.63, 3.8) is 0 Å². The Labute approximate surface area is 210 Å². The number of rotatable bonds is 7. The smallest absolute Gasteiger partial charge is 0.243 e. The quantitative estimate of drug-likeness (QED) is 0.444. The first-order valence-electron chi connectivity index (χ1n) is 11.5. The molecule has 1 aliphatic rings. The summed E-state index contributed by atoms with van der Waals surface area (Å²) in [6.45, 7) is 7.66. The van der Waals surface area contributed by atoms with Crippen molar-refractivity contribution in [2.75, 3.05) is 20.2 Å². The van der Waals surface area contributed by atoms with Crippen molar-refractivity contribution in [2.45, 2.75) is 44.7 Å². The van der Waals surface area contributed by atoms with Crippen LogP contribution in [-0.4, -0.2) is 68.7 Å². The van der Waals surface area contributed by atoms with Crippen LogP contribution in [0.3, 0.4) is 0 Å². The first kappa shape index (κ1) is 25.5. The van der Waals surface area contributed by atoms with E-state index in [0.717, 1.165) is 0 Å². The van der Waals surface area contributed by atoms with E-state index in [0.29, 0.717) is 17.1 Å². The second-order valence-electron chi connectivity index (χ2n) is 9.05. The second-order valence-corrected chi connectivity index (χ2v) is 11.0. The molecule has 0 saturated carbocycles. The highest BCUT2D eigenvalue weighted by atomic mass is 32.2. The monoisotopic (exact) mass is 511 g/mol. The van der Waals surface area contributed by atoms with E-state index in [-0.39, 0.29) is 47.0 Å². The largest absolute Gasteiger partial charge is 0.497 e. The van der Waals surface area contributed by atoms with E-state index in [1.165, 1.54) is 23.5 Å². The van der Waals surface area contributed by atoms with Gasteiger partial charge in [0.15, 0.2) is 5.78 Å². The van der Waals surface area contributed by atoms with Crippen molar-refractivity contribution in [2.24, 2.45) is 0 Å². The Morgan fingerprint density at radius 1 is 0.861 bits per heavy atom. The molecule has 0 bridgehead atoms. The van der Waals surface area contributed by atoms with Gasteiger partial charge in [-0.1, -0.05) is 10.4 Å². The SMILES string of the molecule is COc1ccc(S(=O)(=O)N2CC(=Cc3cn(C(C)C)nn3)C(=O)C(=Cc3cn(C(C)C)nn3)C2)cc1. The Morgan fingerprint density at radius 3 is 1.72 bits per heavy atom. The molecule has 3 aromatic rings. The fraction of sp³-hybridized carbons (Fsp3) is 0.375. The van der Waals surface area contributed by atoms with E-state index in [1.807, 2.05) is 27.7 Å². The van der Waals surface area contributed by atoms with Crippen LogP contribution in [0.1, 0.15) is 51.2 Å². The number of aromatic nitrogens is 6. The summed E-state index contributed by atoms with van der Waals surface area (Å²) in [5.41, 5.74) is 1.52. The Kier molecular flexibility index (Phi) is 7.18. The van der Waals surface area contributed by atoms with Gasteiger partial charge < -0.3 is 4.74 Å². The van der Waals surface area contributed by atoms with Crippen molar-refractivity contribution in [1.82, 2.24) is 34.3 Å². The van der Waals surface area contributed by atoms with Gasteiger partial charge in [-0.25, -0.2) is 17.8 Å². The van der Waals surface area contributed by atoms with Crippen LogP contribution in [0.25, 0.3) is 12.2 Å². The molecule has 0 N–H and O–H groups in total. The molecule has 0 amide bonds. The number of nitrogens with zero attached hydrogens (tertiary/aromatic N) is 7. The van der Waals surface area contributed by atoms with Crippen molar-refractivity contribution >= 4 is 28.0 Å².